The SMILES string of the molecule is CCC1(CC)CC(C)(C)PC(C)(C)C1. The number of rotatable bonds is 2. The molecule has 14 heavy (non-hydrogen) atoms. The van der Waals surface area contributed by atoms with Crippen molar-refractivity contribution in [2.75, 3.05) is 0 Å². The Kier molecular flexibility index (Phi) is 3.37. The lowest BCUT2D eigenvalue weighted by Gasteiger charge is -2.52. The van der Waals surface area contributed by atoms with Gasteiger partial charge in [0.05, 0.1) is 0 Å². The van der Waals surface area contributed by atoms with Gasteiger partial charge in [-0.25, -0.2) is 0 Å². The maximum absolute atomic E-state index is 2.46. The second-order valence-electron chi connectivity index (χ2n) is 6.45. The summed E-state index contributed by atoms with van der Waals surface area (Å²) in [5.41, 5.74) is 0.637. The van der Waals surface area contributed by atoms with E-state index in [-0.39, 0.29) is 0 Å². The van der Waals surface area contributed by atoms with Gasteiger partial charge in [0.25, 0.3) is 0 Å². The van der Waals surface area contributed by atoms with Crippen LogP contribution in [0, 0.1) is 5.41 Å². The molecule has 0 unspecified atom stereocenters. The fourth-order valence-corrected chi connectivity index (χ4v) is 6.45. The smallest absolute Gasteiger partial charge is 0.0168 e. The van der Waals surface area contributed by atoms with E-state index >= 15 is 0 Å². The highest BCUT2D eigenvalue weighted by Gasteiger charge is 2.45. The predicted molar refractivity (Wildman–Crippen MR) is 68.7 cm³/mol. The largest absolute Gasteiger partial charge is 0.110 e. The minimum atomic E-state index is 0.577. The molecular formula is C13H27P. The van der Waals surface area contributed by atoms with E-state index in [4.69, 9.17) is 0 Å². The van der Waals surface area contributed by atoms with Crippen LogP contribution in [-0.2, 0) is 0 Å². The van der Waals surface area contributed by atoms with E-state index in [0.717, 1.165) is 8.58 Å². The van der Waals surface area contributed by atoms with Gasteiger partial charge in [-0.2, -0.15) is 0 Å². The summed E-state index contributed by atoms with van der Waals surface area (Å²) in [7, 11) is 1.13. The van der Waals surface area contributed by atoms with Crippen LogP contribution < -0.4 is 0 Å². The second kappa shape index (κ2) is 3.78. The van der Waals surface area contributed by atoms with Gasteiger partial charge in [-0.1, -0.05) is 54.4 Å². The minimum absolute atomic E-state index is 0.577. The Morgan fingerprint density at radius 3 is 1.50 bits per heavy atom. The highest BCUT2D eigenvalue weighted by molar-refractivity contribution is 7.41. The first-order valence-corrected chi connectivity index (χ1v) is 7.04. The standard InChI is InChI=1S/C13H27P/c1-7-13(8-2)9-11(3,4)14-12(5,6)10-13/h14H,7-10H2,1-6H3. The Bertz CT molecular complexity index is 181. The molecule has 1 rings (SSSR count). The fourth-order valence-electron chi connectivity index (χ4n) is 3.69. The summed E-state index contributed by atoms with van der Waals surface area (Å²) in [6.45, 7) is 14.6. The third-order valence-electron chi connectivity index (χ3n) is 3.81. The lowest BCUT2D eigenvalue weighted by atomic mass is 9.69. The van der Waals surface area contributed by atoms with Gasteiger partial charge in [-0.05, 0) is 28.6 Å². The van der Waals surface area contributed by atoms with E-state index in [1.807, 2.05) is 0 Å². The van der Waals surface area contributed by atoms with Crippen LogP contribution in [0.15, 0.2) is 0 Å². The first kappa shape index (κ1) is 12.5. The summed E-state index contributed by atoms with van der Waals surface area (Å²) >= 11 is 0. The Hall–Kier alpha value is 0.430. The molecule has 1 aliphatic heterocycles. The van der Waals surface area contributed by atoms with Crippen molar-refractivity contribution in [2.45, 2.75) is 77.5 Å². The highest BCUT2D eigenvalue weighted by Crippen LogP contribution is 2.60. The number of hydrogen-bond acceptors (Lipinski definition) is 0. The van der Waals surface area contributed by atoms with Gasteiger partial charge >= 0.3 is 0 Å². The summed E-state index contributed by atoms with van der Waals surface area (Å²) in [6, 6.07) is 0. The lowest BCUT2D eigenvalue weighted by molar-refractivity contribution is 0.165. The van der Waals surface area contributed by atoms with E-state index in [2.05, 4.69) is 41.5 Å². The molecule has 1 aliphatic rings. The molecule has 84 valence electrons. The van der Waals surface area contributed by atoms with Crippen molar-refractivity contribution in [3.63, 3.8) is 0 Å². The van der Waals surface area contributed by atoms with Crippen molar-refractivity contribution < 1.29 is 0 Å². The van der Waals surface area contributed by atoms with Gasteiger partial charge in [0.2, 0.25) is 0 Å². The number of hydrogen-bond donors (Lipinski definition) is 0. The maximum atomic E-state index is 2.46. The Labute approximate surface area is 92.0 Å². The Balaban J connectivity index is 2.90. The van der Waals surface area contributed by atoms with Crippen molar-refractivity contribution in [2.24, 2.45) is 5.41 Å². The van der Waals surface area contributed by atoms with Crippen molar-refractivity contribution in [3.05, 3.63) is 0 Å². The molecule has 0 saturated carbocycles. The Morgan fingerprint density at radius 2 is 1.21 bits per heavy atom. The summed E-state index contributed by atoms with van der Waals surface area (Å²) in [5, 5.41) is 1.15. The zero-order valence-corrected chi connectivity index (χ0v) is 11.8. The quantitative estimate of drug-likeness (QED) is 0.578. The minimum Gasteiger partial charge on any atom is -0.110 e. The van der Waals surface area contributed by atoms with Gasteiger partial charge in [0, 0.05) is 0 Å². The zero-order valence-electron chi connectivity index (χ0n) is 10.8. The zero-order chi connectivity index (χ0) is 11.0. The fraction of sp³-hybridized carbons (Fsp3) is 1.00. The van der Waals surface area contributed by atoms with Crippen LogP contribution >= 0.6 is 8.58 Å². The van der Waals surface area contributed by atoms with Crippen LogP contribution in [0.4, 0.5) is 0 Å². The molecule has 0 spiro atoms. The normalized spacial score (nSPS) is 28.7. The summed E-state index contributed by atoms with van der Waals surface area (Å²) in [4.78, 5) is 0. The van der Waals surface area contributed by atoms with Gasteiger partial charge < -0.3 is 0 Å². The van der Waals surface area contributed by atoms with Crippen LogP contribution in [0.3, 0.4) is 0 Å². The molecule has 1 heteroatoms. The molecule has 0 amide bonds. The molecule has 0 aromatic heterocycles. The van der Waals surface area contributed by atoms with Crippen molar-refractivity contribution in [1.29, 1.82) is 0 Å². The van der Waals surface area contributed by atoms with E-state index < -0.39 is 0 Å². The first-order valence-electron chi connectivity index (χ1n) is 6.04. The highest BCUT2D eigenvalue weighted by atomic mass is 31.1. The maximum Gasteiger partial charge on any atom is -0.0168 e. The van der Waals surface area contributed by atoms with Crippen LogP contribution in [-0.4, -0.2) is 10.3 Å². The average Bonchev–Trinajstić information content (AvgIpc) is 1.98. The Morgan fingerprint density at radius 1 is 0.857 bits per heavy atom. The molecule has 0 atom stereocenters. The molecule has 1 fully saturated rings. The van der Waals surface area contributed by atoms with Crippen LogP contribution in [0.2, 0.25) is 0 Å². The third-order valence-corrected chi connectivity index (χ3v) is 5.52. The van der Waals surface area contributed by atoms with Crippen molar-refractivity contribution >= 4 is 8.58 Å². The van der Waals surface area contributed by atoms with Crippen LogP contribution in [0.25, 0.3) is 0 Å². The van der Waals surface area contributed by atoms with Gasteiger partial charge in [0.15, 0.2) is 0 Å². The topological polar surface area (TPSA) is 0 Å². The van der Waals surface area contributed by atoms with E-state index in [1.54, 1.807) is 0 Å². The molecule has 1 saturated heterocycles. The van der Waals surface area contributed by atoms with E-state index in [9.17, 15) is 0 Å². The molecule has 1 heterocycles. The lowest BCUT2D eigenvalue weighted by Crippen LogP contribution is -2.41. The first-order chi connectivity index (χ1) is 6.24. The molecule has 0 bridgehead atoms. The van der Waals surface area contributed by atoms with E-state index in [0.29, 0.717) is 15.7 Å². The second-order valence-corrected chi connectivity index (χ2v) is 9.41. The summed E-state index contributed by atoms with van der Waals surface area (Å²) in [6.07, 6.45) is 5.60. The average molecular weight is 214 g/mol. The monoisotopic (exact) mass is 214 g/mol. The third kappa shape index (κ3) is 2.72. The molecule has 0 nitrogen and oxygen atoms in total. The molecule has 0 N–H and O–H groups in total. The van der Waals surface area contributed by atoms with Crippen molar-refractivity contribution in [1.82, 2.24) is 0 Å². The van der Waals surface area contributed by atoms with Gasteiger partial charge in [0.1, 0.15) is 0 Å². The molecular weight excluding hydrogens is 187 g/mol. The molecule has 0 aromatic carbocycles. The summed E-state index contributed by atoms with van der Waals surface area (Å²) < 4.78 is 0. The molecule has 0 aliphatic carbocycles. The van der Waals surface area contributed by atoms with Gasteiger partial charge in [-0.3, -0.25) is 0 Å². The van der Waals surface area contributed by atoms with Crippen molar-refractivity contribution in [3.8, 4) is 0 Å². The predicted octanol–water partition coefficient (Wildman–Crippen LogP) is 4.82. The molecule has 0 radical (unpaired) electrons. The van der Waals surface area contributed by atoms with Crippen LogP contribution in [0.1, 0.15) is 67.2 Å². The summed E-state index contributed by atoms with van der Waals surface area (Å²) in [5.74, 6) is 0. The van der Waals surface area contributed by atoms with Crippen LogP contribution in [0.5, 0.6) is 0 Å². The van der Waals surface area contributed by atoms with Gasteiger partial charge in [-0.15, -0.1) is 8.58 Å². The molecule has 0 aromatic rings. The van der Waals surface area contributed by atoms with E-state index in [1.165, 1.54) is 25.7 Å².